The van der Waals surface area contributed by atoms with E-state index < -0.39 is 6.04 Å². The summed E-state index contributed by atoms with van der Waals surface area (Å²) in [6, 6.07) is 8.89. The number of likely N-dealkylation sites (N-methyl/N-ethyl adjacent to an activating group) is 1. The number of carbonyl (C=O) groups is 2. The molecular weight excluding hydrogens is 442 g/mol. The lowest BCUT2D eigenvalue weighted by atomic mass is 9.49. The second-order valence-corrected chi connectivity index (χ2v) is 11.5. The van der Waals surface area contributed by atoms with Crippen LogP contribution in [0, 0.1) is 29.1 Å². The van der Waals surface area contributed by atoms with Gasteiger partial charge in [-0.3, -0.25) is 9.59 Å². The predicted octanol–water partition coefficient (Wildman–Crippen LogP) is 4.67. The monoisotopic (exact) mass is 479 g/mol. The number of benzene rings is 1. The molecule has 188 valence electrons. The quantitative estimate of drug-likeness (QED) is 0.595. The van der Waals surface area contributed by atoms with Crippen molar-refractivity contribution in [2.75, 3.05) is 14.2 Å². The van der Waals surface area contributed by atoms with E-state index in [0.29, 0.717) is 35.8 Å². The van der Waals surface area contributed by atoms with E-state index in [9.17, 15) is 9.59 Å². The van der Waals surface area contributed by atoms with Crippen LogP contribution in [0.3, 0.4) is 0 Å². The molecule has 4 aliphatic rings. The van der Waals surface area contributed by atoms with Gasteiger partial charge < -0.3 is 19.5 Å². The third-order valence-electron chi connectivity index (χ3n) is 8.45. The first kappa shape index (κ1) is 23.9. The average molecular weight is 480 g/mol. The van der Waals surface area contributed by atoms with Gasteiger partial charge in [-0.05, 0) is 86.5 Å². The fourth-order valence-electron chi connectivity index (χ4n) is 7.03. The van der Waals surface area contributed by atoms with Crippen molar-refractivity contribution in [3.63, 3.8) is 0 Å². The van der Waals surface area contributed by atoms with Crippen molar-refractivity contribution in [2.45, 2.75) is 65.0 Å². The summed E-state index contributed by atoms with van der Waals surface area (Å²) in [6.45, 7) is 4.28. The topological polar surface area (TPSA) is 84.7 Å². The normalized spacial score (nSPS) is 27.6. The summed E-state index contributed by atoms with van der Waals surface area (Å²) < 4.78 is 10.7. The molecule has 4 fully saturated rings. The Labute approximate surface area is 207 Å². The maximum absolute atomic E-state index is 13.6. The van der Waals surface area contributed by atoms with Crippen LogP contribution in [0.5, 0.6) is 5.75 Å². The van der Waals surface area contributed by atoms with Crippen molar-refractivity contribution in [3.8, 4) is 17.0 Å². The summed E-state index contributed by atoms with van der Waals surface area (Å²) in [7, 11) is 3.39. The van der Waals surface area contributed by atoms with Gasteiger partial charge in [0.05, 0.1) is 13.7 Å². The van der Waals surface area contributed by atoms with E-state index in [4.69, 9.17) is 9.26 Å². The van der Waals surface area contributed by atoms with E-state index in [1.54, 1.807) is 19.1 Å². The number of nitrogens with one attached hydrogen (secondary N) is 1. The van der Waals surface area contributed by atoms with Crippen molar-refractivity contribution in [1.29, 1.82) is 0 Å². The molecule has 4 saturated carbocycles. The molecule has 0 radical (unpaired) electrons. The molecule has 1 atom stereocenters. The molecular formula is C28H37N3O4. The van der Waals surface area contributed by atoms with Gasteiger partial charge in [-0.1, -0.05) is 19.0 Å². The first-order chi connectivity index (χ1) is 16.8. The molecule has 4 aliphatic carbocycles. The van der Waals surface area contributed by atoms with Crippen LogP contribution in [0.4, 0.5) is 0 Å². The fourth-order valence-corrected chi connectivity index (χ4v) is 7.03. The molecule has 1 aromatic heterocycles. The molecule has 1 aromatic carbocycles. The fraction of sp³-hybridized carbons (Fsp3) is 0.607. The van der Waals surface area contributed by atoms with Gasteiger partial charge in [0, 0.05) is 24.1 Å². The Kier molecular flexibility index (Phi) is 6.36. The molecule has 7 heteroatoms. The highest BCUT2D eigenvalue weighted by molar-refractivity contribution is 5.90. The van der Waals surface area contributed by atoms with E-state index >= 15 is 0 Å². The zero-order chi connectivity index (χ0) is 24.7. The number of amides is 2. The smallest absolute Gasteiger partial charge is 0.245 e. The lowest BCUT2D eigenvalue weighted by Gasteiger charge is -2.56. The molecule has 1 heterocycles. The molecule has 0 unspecified atom stereocenters. The number of hydrogen-bond acceptors (Lipinski definition) is 5. The number of aromatic nitrogens is 1. The van der Waals surface area contributed by atoms with Gasteiger partial charge in [0.1, 0.15) is 17.5 Å². The van der Waals surface area contributed by atoms with Gasteiger partial charge in [-0.2, -0.15) is 0 Å². The first-order valence-electron chi connectivity index (χ1n) is 12.9. The molecule has 6 rings (SSSR count). The third-order valence-corrected chi connectivity index (χ3v) is 8.45. The number of hydrogen-bond donors (Lipinski definition) is 1. The number of methoxy groups -OCH3 is 1. The van der Waals surface area contributed by atoms with Gasteiger partial charge >= 0.3 is 0 Å². The van der Waals surface area contributed by atoms with E-state index in [-0.39, 0.29) is 23.1 Å². The second-order valence-electron chi connectivity index (χ2n) is 11.5. The van der Waals surface area contributed by atoms with Crippen LogP contribution in [0.25, 0.3) is 11.3 Å². The standard InChI is InChI=1S/C28H37N3O4/c1-17(2)25(29-27(33)28-13-18-9-19(14-28)11-20(10-18)15-28)26(32)31(3)16-23-12-24(30-35-23)21-5-7-22(34-4)8-6-21/h5-8,12,17-20,25H,9-11,13-16H2,1-4H3,(H,29,33)/t18?,19?,20?,25-,28?/m0/s1. The van der Waals surface area contributed by atoms with Crippen LogP contribution in [0.2, 0.25) is 0 Å². The zero-order valence-electron chi connectivity index (χ0n) is 21.3. The van der Waals surface area contributed by atoms with Crippen LogP contribution in [0.15, 0.2) is 34.9 Å². The second kappa shape index (κ2) is 9.32. The molecule has 4 bridgehead atoms. The van der Waals surface area contributed by atoms with Crippen LogP contribution < -0.4 is 10.1 Å². The van der Waals surface area contributed by atoms with Gasteiger partial charge in [-0.15, -0.1) is 0 Å². The predicted molar refractivity (Wildman–Crippen MR) is 132 cm³/mol. The van der Waals surface area contributed by atoms with Crippen LogP contribution in [-0.2, 0) is 16.1 Å². The summed E-state index contributed by atoms with van der Waals surface area (Å²) in [5.41, 5.74) is 1.36. The van der Waals surface area contributed by atoms with Crippen molar-refractivity contribution in [1.82, 2.24) is 15.4 Å². The Morgan fingerprint density at radius 2 is 1.71 bits per heavy atom. The molecule has 2 aromatic rings. The minimum Gasteiger partial charge on any atom is -0.497 e. The van der Waals surface area contributed by atoms with Crippen LogP contribution >= 0.6 is 0 Å². The molecule has 0 saturated heterocycles. The Balaban J connectivity index is 1.24. The van der Waals surface area contributed by atoms with Crippen molar-refractivity contribution in [3.05, 3.63) is 36.1 Å². The average Bonchev–Trinajstić information content (AvgIpc) is 3.29. The minimum absolute atomic E-state index is 0.00704. The van der Waals surface area contributed by atoms with E-state index in [1.165, 1.54) is 19.3 Å². The molecule has 1 N–H and O–H groups in total. The summed E-state index contributed by atoms with van der Waals surface area (Å²) in [5, 5.41) is 7.36. The number of ether oxygens (including phenoxy) is 1. The lowest BCUT2D eigenvalue weighted by Crippen LogP contribution is -2.58. The Morgan fingerprint density at radius 3 is 2.26 bits per heavy atom. The van der Waals surface area contributed by atoms with E-state index in [1.807, 2.05) is 44.2 Å². The SMILES string of the molecule is COc1ccc(-c2cc(CN(C)C(=O)[C@@H](NC(=O)C34CC5CC(CC(C5)C3)C4)C(C)C)on2)cc1. The Morgan fingerprint density at radius 1 is 1.11 bits per heavy atom. The van der Waals surface area contributed by atoms with Gasteiger partial charge in [0.2, 0.25) is 11.8 Å². The van der Waals surface area contributed by atoms with Crippen LogP contribution in [0.1, 0.15) is 58.1 Å². The molecule has 0 aliphatic heterocycles. The van der Waals surface area contributed by atoms with Gasteiger partial charge in [0.15, 0.2) is 5.76 Å². The molecule has 2 amide bonds. The van der Waals surface area contributed by atoms with Crippen LogP contribution in [-0.4, -0.2) is 42.1 Å². The Hall–Kier alpha value is -2.83. The summed E-state index contributed by atoms with van der Waals surface area (Å²) in [5.74, 6) is 3.43. The number of carbonyl (C=O) groups excluding carboxylic acids is 2. The van der Waals surface area contributed by atoms with Gasteiger partial charge in [-0.25, -0.2) is 0 Å². The van der Waals surface area contributed by atoms with Crippen molar-refractivity contribution >= 4 is 11.8 Å². The minimum atomic E-state index is -0.551. The summed E-state index contributed by atoms with van der Waals surface area (Å²) in [6.07, 6.45) is 6.84. The Bertz CT molecular complexity index is 1040. The largest absolute Gasteiger partial charge is 0.497 e. The van der Waals surface area contributed by atoms with Crippen molar-refractivity contribution < 1.29 is 18.8 Å². The zero-order valence-corrected chi connectivity index (χ0v) is 21.3. The summed E-state index contributed by atoms with van der Waals surface area (Å²) >= 11 is 0. The first-order valence-corrected chi connectivity index (χ1v) is 12.9. The van der Waals surface area contributed by atoms with E-state index in [0.717, 1.165) is 30.6 Å². The highest BCUT2D eigenvalue weighted by Gasteiger charge is 2.55. The van der Waals surface area contributed by atoms with Crippen molar-refractivity contribution in [2.24, 2.45) is 29.1 Å². The molecule has 0 spiro atoms. The maximum atomic E-state index is 13.6. The highest BCUT2D eigenvalue weighted by atomic mass is 16.5. The highest BCUT2D eigenvalue weighted by Crippen LogP contribution is 2.60. The lowest BCUT2D eigenvalue weighted by molar-refractivity contribution is -0.150. The molecule has 7 nitrogen and oxygen atoms in total. The number of nitrogens with zero attached hydrogens (tertiary/aromatic N) is 2. The van der Waals surface area contributed by atoms with E-state index in [2.05, 4.69) is 10.5 Å². The maximum Gasteiger partial charge on any atom is 0.245 e. The van der Waals surface area contributed by atoms with Gasteiger partial charge in [0.25, 0.3) is 0 Å². The number of rotatable bonds is 8. The summed E-state index contributed by atoms with van der Waals surface area (Å²) in [4.78, 5) is 28.6. The molecule has 35 heavy (non-hydrogen) atoms. The third kappa shape index (κ3) is 4.69.